The van der Waals surface area contributed by atoms with Gasteiger partial charge in [-0.3, -0.25) is 0 Å². The largest absolute Gasteiger partial charge is 0.396 e. The molecular weight excluding hydrogens is 156 g/mol. The predicted molar refractivity (Wildman–Crippen MR) is 53.1 cm³/mol. The number of thioether (sulfide) groups is 1. The standard InChI is InChI=1S/C9H18OS/c1-3-4-5-8-11-9(2)6-7-10/h3,9-10H,1,4-8H2,2H3. The van der Waals surface area contributed by atoms with Crippen molar-refractivity contribution in [2.75, 3.05) is 12.4 Å². The van der Waals surface area contributed by atoms with E-state index in [-0.39, 0.29) is 0 Å². The Balaban J connectivity index is 3.03. The highest BCUT2D eigenvalue weighted by atomic mass is 32.2. The van der Waals surface area contributed by atoms with Crippen LogP contribution in [0.5, 0.6) is 0 Å². The lowest BCUT2D eigenvalue weighted by Crippen LogP contribution is -2.00. The van der Waals surface area contributed by atoms with E-state index in [9.17, 15) is 0 Å². The molecule has 0 heterocycles. The molecule has 0 aromatic carbocycles. The van der Waals surface area contributed by atoms with Gasteiger partial charge in [-0.25, -0.2) is 0 Å². The van der Waals surface area contributed by atoms with E-state index in [1.807, 2.05) is 17.8 Å². The second-order valence-corrected chi connectivity index (χ2v) is 4.17. The summed E-state index contributed by atoms with van der Waals surface area (Å²) in [4.78, 5) is 0. The zero-order valence-electron chi connectivity index (χ0n) is 7.25. The van der Waals surface area contributed by atoms with Crippen LogP contribution in [0, 0.1) is 0 Å². The molecule has 1 N–H and O–H groups in total. The van der Waals surface area contributed by atoms with Crippen molar-refractivity contribution in [3.8, 4) is 0 Å². The van der Waals surface area contributed by atoms with Crippen LogP contribution < -0.4 is 0 Å². The summed E-state index contributed by atoms with van der Waals surface area (Å²) < 4.78 is 0. The molecule has 0 aliphatic carbocycles. The van der Waals surface area contributed by atoms with E-state index in [1.54, 1.807) is 0 Å². The van der Waals surface area contributed by atoms with Gasteiger partial charge in [0.2, 0.25) is 0 Å². The summed E-state index contributed by atoms with van der Waals surface area (Å²) in [7, 11) is 0. The van der Waals surface area contributed by atoms with E-state index in [0.29, 0.717) is 11.9 Å². The first-order chi connectivity index (χ1) is 5.31. The number of unbranched alkanes of at least 4 members (excludes halogenated alkanes) is 1. The summed E-state index contributed by atoms with van der Waals surface area (Å²) in [5.41, 5.74) is 0. The fourth-order valence-corrected chi connectivity index (χ4v) is 1.79. The van der Waals surface area contributed by atoms with Crippen LogP contribution in [0.1, 0.15) is 26.2 Å². The molecule has 0 aliphatic heterocycles. The lowest BCUT2D eigenvalue weighted by molar-refractivity contribution is 0.289. The van der Waals surface area contributed by atoms with Gasteiger partial charge >= 0.3 is 0 Å². The summed E-state index contributed by atoms with van der Waals surface area (Å²) in [5, 5.41) is 9.21. The molecule has 0 amide bonds. The number of allylic oxidation sites excluding steroid dienone is 1. The quantitative estimate of drug-likeness (QED) is 0.472. The van der Waals surface area contributed by atoms with E-state index in [2.05, 4.69) is 13.5 Å². The van der Waals surface area contributed by atoms with Crippen LogP contribution in [-0.2, 0) is 0 Å². The summed E-state index contributed by atoms with van der Waals surface area (Å²) in [6.45, 7) is 6.14. The monoisotopic (exact) mass is 174 g/mol. The predicted octanol–water partition coefficient (Wildman–Crippen LogP) is 2.46. The fourth-order valence-electron chi connectivity index (χ4n) is 0.777. The Bertz CT molecular complexity index is 93.6. The first-order valence-electron chi connectivity index (χ1n) is 4.14. The van der Waals surface area contributed by atoms with E-state index in [4.69, 9.17) is 5.11 Å². The lowest BCUT2D eigenvalue weighted by atomic mass is 10.3. The molecule has 0 aromatic heterocycles. The zero-order valence-corrected chi connectivity index (χ0v) is 8.07. The van der Waals surface area contributed by atoms with E-state index in [1.165, 1.54) is 12.2 Å². The molecule has 1 nitrogen and oxygen atoms in total. The molecule has 0 saturated carbocycles. The van der Waals surface area contributed by atoms with Gasteiger partial charge in [-0.2, -0.15) is 11.8 Å². The third-order valence-corrected chi connectivity index (χ3v) is 2.82. The van der Waals surface area contributed by atoms with Crippen LogP contribution in [0.2, 0.25) is 0 Å². The van der Waals surface area contributed by atoms with Crippen molar-refractivity contribution in [1.29, 1.82) is 0 Å². The molecule has 0 rings (SSSR count). The molecule has 0 saturated heterocycles. The van der Waals surface area contributed by atoms with Crippen molar-refractivity contribution in [3.63, 3.8) is 0 Å². The highest BCUT2D eigenvalue weighted by Gasteiger charge is 1.99. The van der Waals surface area contributed by atoms with Crippen LogP contribution >= 0.6 is 11.8 Å². The summed E-state index contributed by atoms with van der Waals surface area (Å²) in [6.07, 6.45) is 5.19. The molecule has 66 valence electrons. The van der Waals surface area contributed by atoms with Crippen molar-refractivity contribution in [2.24, 2.45) is 0 Å². The van der Waals surface area contributed by atoms with Gasteiger partial charge in [0.25, 0.3) is 0 Å². The molecule has 2 heteroatoms. The molecule has 1 unspecified atom stereocenters. The summed E-state index contributed by atoms with van der Waals surface area (Å²) in [5.74, 6) is 1.19. The van der Waals surface area contributed by atoms with E-state index < -0.39 is 0 Å². The second-order valence-electron chi connectivity index (χ2n) is 2.62. The minimum absolute atomic E-state index is 0.315. The SMILES string of the molecule is C=CCCCSC(C)CCO. The highest BCUT2D eigenvalue weighted by Crippen LogP contribution is 2.15. The topological polar surface area (TPSA) is 20.2 Å². The fraction of sp³-hybridized carbons (Fsp3) is 0.778. The average Bonchev–Trinajstić information content (AvgIpc) is 1.99. The van der Waals surface area contributed by atoms with Gasteiger partial charge in [0, 0.05) is 11.9 Å². The van der Waals surface area contributed by atoms with E-state index >= 15 is 0 Å². The number of rotatable bonds is 7. The average molecular weight is 174 g/mol. The maximum atomic E-state index is 8.61. The maximum absolute atomic E-state index is 8.61. The minimum Gasteiger partial charge on any atom is -0.396 e. The van der Waals surface area contributed by atoms with Crippen molar-refractivity contribution >= 4 is 11.8 Å². The highest BCUT2D eigenvalue weighted by molar-refractivity contribution is 7.99. The molecule has 0 aromatic rings. The molecule has 0 aliphatic rings. The molecule has 11 heavy (non-hydrogen) atoms. The normalized spacial score (nSPS) is 12.9. The summed E-state index contributed by atoms with van der Waals surface area (Å²) in [6, 6.07) is 0. The molecule has 0 spiro atoms. The van der Waals surface area contributed by atoms with Crippen molar-refractivity contribution in [1.82, 2.24) is 0 Å². The van der Waals surface area contributed by atoms with Crippen LogP contribution in [0.25, 0.3) is 0 Å². The smallest absolute Gasteiger partial charge is 0.0441 e. The van der Waals surface area contributed by atoms with Gasteiger partial charge in [-0.1, -0.05) is 13.0 Å². The summed E-state index contributed by atoms with van der Waals surface area (Å²) >= 11 is 1.93. The van der Waals surface area contributed by atoms with Crippen molar-refractivity contribution in [3.05, 3.63) is 12.7 Å². The van der Waals surface area contributed by atoms with Crippen LogP contribution in [0.15, 0.2) is 12.7 Å². The number of hydrogen-bond donors (Lipinski definition) is 1. The Hall–Kier alpha value is 0.0500. The van der Waals surface area contributed by atoms with Crippen molar-refractivity contribution in [2.45, 2.75) is 31.4 Å². The maximum Gasteiger partial charge on any atom is 0.0441 e. The van der Waals surface area contributed by atoms with Gasteiger partial charge in [-0.15, -0.1) is 6.58 Å². The van der Waals surface area contributed by atoms with Crippen LogP contribution in [0.4, 0.5) is 0 Å². The van der Waals surface area contributed by atoms with Crippen LogP contribution in [0.3, 0.4) is 0 Å². The van der Waals surface area contributed by atoms with Gasteiger partial charge in [-0.05, 0) is 25.0 Å². The number of aliphatic hydroxyl groups is 1. The zero-order chi connectivity index (χ0) is 8.53. The molecule has 1 atom stereocenters. The van der Waals surface area contributed by atoms with Gasteiger partial charge in [0.15, 0.2) is 0 Å². The van der Waals surface area contributed by atoms with E-state index in [0.717, 1.165) is 12.8 Å². The molecule has 0 fully saturated rings. The third-order valence-electron chi connectivity index (χ3n) is 1.49. The van der Waals surface area contributed by atoms with Gasteiger partial charge in [0.1, 0.15) is 0 Å². The number of hydrogen-bond acceptors (Lipinski definition) is 2. The number of aliphatic hydroxyl groups excluding tert-OH is 1. The molecule has 0 radical (unpaired) electrons. The second kappa shape index (κ2) is 8.15. The minimum atomic E-state index is 0.315. The Kier molecular flexibility index (Phi) is 8.19. The van der Waals surface area contributed by atoms with Gasteiger partial charge in [0.05, 0.1) is 0 Å². The van der Waals surface area contributed by atoms with Crippen LogP contribution in [-0.4, -0.2) is 22.7 Å². The Labute approximate surface area is 73.9 Å². The lowest BCUT2D eigenvalue weighted by Gasteiger charge is -2.07. The first kappa shape index (κ1) is 11.1. The third kappa shape index (κ3) is 7.95. The molecular formula is C9H18OS. The Morgan fingerprint density at radius 1 is 1.64 bits per heavy atom. The van der Waals surface area contributed by atoms with Crippen molar-refractivity contribution < 1.29 is 5.11 Å². The Morgan fingerprint density at radius 3 is 2.91 bits per heavy atom. The molecule has 0 bridgehead atoms. The van der Waals surface area contributed by atoms with Gasteiger partial charge < -0.3 is 5.11 Å². The first-order valence-corrected chi connectivity index (χ1v) is 5.19. The Morgan fingerprint density at radius 2 is 2.36 bits per heavy atom.